The summed E-state index contributed by atoms with van der Waals surface area (Å²) in [5.41, 5.74) is 1.17. The van der Waals surface area contributed by atoms with Gasteiger partial charge in [0.25, 0.3) is 0 Å². The van der Waals surface area contributed by atoms with Crippen molar-refractivity contribution in [3.05, 3.63) is 46.0 Å². The molecule has 1 aromatic carbocycles. The normalized spacial score (nSPS) is 14.8. The molecule has 0 unspecified atom stereocenters. The first-order valence-electron chi connectivity index (χ1n) is 6.57. The summed E-state index contributed by atoms with van der Waals surface area (Å²) in [4.78, 5) is 4.40. The molecule has 3 rings (SSSR count). The van der Waals surface area contributed by atoms with Crippen LogP contribution in [-0.2, 0) is 13.0 Å². The second-order valence-corrected chi connectivity index (χ2v) is 5.80. The summed E-state index contributed by atoms with van der Waals surface area (Å²) in [6.45, 7) is 1.72. The SMILES string of the molecule is Brc1ccccc1Cc1noc(CNCC2CC2)n1. The molecule has 1 aliphatic carbocycles. The van der Waals surface area contributed by atoms with E-state index >= 15 is 0 Å². The summed E-state index contributed by atoms with van der Waals surface area (Å²) < 4.78 is 6.32. The number of aromatic nitrogens is 2. The molecular formula is C14H16BrN3O. The van der Waals surface area contributed by atoms with Gasteiger partial charge in [0.1, 0.15) is 0 Å². The molecule has 100 valence electrons. The van der Waals surface area contributed by atoms with Crippen molar-refractivity contribution in [2.45, 2.75) is 25.8 Å². The van der Waals surface area contributed by atoms with Gasteiger partial charge >= 0.3 is 0 Å². The molecule has 0 aliphatic heterocycles. The third-order valence-electron chi connectivity index (χ3n) is 3.22. The number of nitrogens with one attached hydrogen (secondary N) is 1. The Labute approximate surface area is 120 Å². The number of rotatable bonds is 6. The van der Waals surface area contributed by atoms with Gasteiger partial charge < -0.3 is 9.84 Å². The molecule has 0 spiro atoms. The second-order valence-electron chi connectivity index (χ2n) is 4.95. The predicted molar refractivity (Wildman–Crippen MR) is 75.7 cm³/mol. The number of halogens is 1. The Morgan fingerprint density at radius 1 is 1.32 bits per heavy atom. The molecule has 1 fully saturated rings. The third kappa shape index (κ3) is 3.64. The van der Waals surface area contributed by atoms with Crippen LogP contribution in [0, 0.1) is 5.92 Å². The van der Waals surface area contributed by atoms with Gasteiger partial charge in [-0.1, -0.05) is 39.3 Å². The van der Waals surface area contributed by atoms with Crippen molar-refractivity contribution in [3.63, 3.8) is 0 Å². The zero-order valence-electron chi connectivity index (χ0n) is 10.6. The highest BCUT2D eigenvalue weighted by Crippen LogP contribution is 2.27. The Bertz CT molecular complexity index is 551. The Balaban J connectivity index is 1.56. The average molecular weight is 322 g/mol. The molecule has 0 radical (unpaired) electrons. The third-order valence-corrected chi connectivity index (χ3v) is 4.00. The Kier molecular flexibility index (Phi) is 3.94. The molecule has 0 saturated heterocycles. The fourth-order valence-electron chi connectivity index (χ4n) is 1.95. The van der Waals surface area contributed by atoms with Crippen molar-refractivity contribution in [3.8, 4) is 0 Å². The molecule has 0 atom stereocenters. The lowest BCUT2D eigenvalue weighted by Gasteiger charge is -1.99. The Morgan fingerprint density at radius 3 is 2.95 bits per heavy atom. The van der Waals surface area contributed by atoms with Crippen LogP contribution >= 0.6 is 15.9 Å². The molecule has 0 bridgehead atoms. The van der Waals surface area contributed by atoms with Crippen molar-refractivity contribution in [2.75, 3.05) is 6.54 Å². The van der Waals surface area contributed by atoms with Crippen LogP contribution in [-0.4, -0.2) is 16.7 Å². The van der Waals surface area contributed by atoms with Gasteiger partial charge in [-0.05, 0) is 36.9 Å². The van der Waals surface area contributed by atoms with Crippen LogP contribution in [0.4, 0.5) is 0 Å². The first-order chi connectivity index (χ1) is 9.31. The first kappa shape index (κ1) is 12.8. The molecule has 1 N–H and O–H groups in total. The molecule has 5 heteroatoms. The van der Waals surface area contributed by atoms with Gasteiger partial charge in [0.15, 0.2) is 5.82 Å². The average Bonchev–Trinajstić information content (AvgIpc) is 3.12. The number of nitrogens with zero attached hydrogens (tertiary/aromatic N) is 2. The number of benzene rings is 1. The monoisotopic (exact) mass is 321 g/mol. The minimum Gasteiger partial charge on any atom is -0.338 e. The van der Waals surface area contributed by atoms with Crippen molar-refractivity contribution < 1.29 is 4.52 Å². The van der Waals surface area contributed by atoms with Gasteiger partial charge in [0, 0.05) is 10.9 Å². The van der Waals surface area contributed by atoms with Crippen LogP contribution in [0.3, 0.4) is 0 Å². The smallest absolute Gasteiger partial charge is 0.240 e. The molecule has 19 heavy (non-hydrogen) atoms. The summed E-state index contributed by atoms with van der Waals surface area (Å²) in [7, 11) is 0. The van der Waals surface area contributed by atoms with Crippen LogP contribution in [0.15, 0.2) is 33.3 Å². The standard InChI is InChI=1S/C14H16BrN3O/c15-12-4-2-1-3-11(12)7-13-17-14(19-18-13)9-16-8-10-5-6-10/h1-4,10,16H,5-9H2. The minimum absolute atomic E-state index is 0.666. The van der Waals surface area contributed by atoms with Crippen molar-refractivity contribution in [1.29, 1.82) is 0 Å². The van der Waals surface area contributed by atoms with Crippen LogP contribution in [0.2, 0.25) is 0 Å². The van der Waals surface area contributed by atoms with E-state index in [-0.39, 0.29) is 0 Å². The Hall–Kier alpha value is -1.20. The maximum Gasteiger partial charge on any atom is 0.240 e. The lowest BCUT2D eigenvalue weighted by molar-refractivity contribution is 0.362. The summed E-state index contributed by atoms with van der Waals surface area (Å²) in [6, 6.07) is 8.09. The van der Waals surface area contributed by atoms with E-state index in [1.807, 2.05) is 18.2 Å². The van der Waals surface area contributed by atoms with Gasteiger partial charge in [0.2, 0.25) is 5.89 Å². The molecule has 1 aromatic heterocycles. The highest BCUT2D eigenvalue weighted by atomic mass is 79.9. The maximum atomic E-state index is 5.24. The molecule has 0 amide bonds. The van der Waals surface area contributed by atoms with E-state index in [4.69, 9.17) is 4.52 Å². The van der Waals surface area contributed by atoms with E-state index in [0.717, 1.165) is 22.8 Å². The van der Waals surface area contributed by atoms with Crippen molar-refractivity contribution in [2.24, 2.45) is 5.92 Å². The van der Waals surface area contributed by atoms with E-state index in [1.54, 1.807) is 0 Å². The van der Waals surface area contributed by atoms with Crippen molar-refractivity contribution in [1.82, 2.24) is 15.5 Å². The molecule has 1 saturated carbocycles. The van der Waals surface area contributed by atoms with E-state index in [9.17, 15) is 0 Å². The largest absolute Gasteiger partial charge is 0.338 e. The second kappa shape index (κ2) is 5.84. The van der Waals surface area contributed by atoms with Gasteiger partial charge in [-0.3, -0.25) is 0 Å². The van der Waals surface area contributed by atoms with Gasteiger partial charge in [0.05, 0.1) is 6.54 Å². The molecule has 1 heterocycles. The fraction of sp³-hybridized carbons (Fsp3) is 0.429. The van der Waals surface area contributed by atoms with Crippen LogP contribution in [0.25, 0.3) is 0 Å². The highest BCUT2D eigenvalue weighted by molar-refractivity contribution is 9.10. The summed E-state index contributed by atoms with van der Waals surface area (Å²) in [5.74, 6) is 2.26. The van der Waals surface area contributed by atoms with Gasteiger partial charge in [-0.25, -0.2) is 0 Å². The Morgan fingerprint density at radius 2 is 2.16 bits per heavy atom. The van der Waals surface area contributed by atoms with E-state index < -0.39 is 0 Å². The van der Waals surface area contributed by atoms with Crippen LogP contribution in [0.1, 0.15) is 30.1 Å². The summed E-state index contributed by atoms with van der Waals surface area (Å²) in [6.07, 6.45) is 3.39. The van der Waals surface area contributed by atoms with E-state index in [2.05, 4.69) is 37.5 Å². The minimum atomic E-state index is 0.666. The molecular weight excluding hydrogens is 306 g/mol. The highest BCUT2D eigenvalue weighted by Gasteiger charge is 2.20. The topological polar surface area (TPSA) is 51.0 Å². The van der Waals surface area contributed by atoms with Crippen LogP contribution in [0.5, 0.6) is 0 Å². The summed E-state index contributed by atoms with van der Waals surface area (Å²) >= 11 is 3.53. The van der Waals surface area contributed by atoms with Gasteiger partial charge in [-0.2, -0.15) is 4.98 Å². The predicted octanol–water partition coefficient (Wildman–Crippen LogP) is 2.92. The molecule has 4 nitrogen and oxygen atoms in total. The lowest BCUT2D eigenvalue weighted by Crippen LogP contribution is -2.16. The zero-order valence-corrected chi connectivity index (χ0v) is 12.2. The maximum absolute atomic E-state index is 5.24. The van der Waals surface area contributed by atoms with Crippen LogP contribution < -0.4 is 5.32 Å². The first-order valence-corrected chi connectivity index (χ1v) is 7.36. The zero-order chi connectivity index (χ0) is 13.1. The summed E-state index contributed by atoms with van der Waals surface area (Å²) in [5, 5.41) is 7.37. The van der Waals surface area contributed by atoms with E-state index in [0.29, 0.717) is 18.9 Å². The lowest BCUT2D eigenvalue weighted by atomic mass is 10.1. The quantitative estimate of drug-likeness (QED) is 0.888. The number of hydrogen-bond donors (Lipinski definition) is 1. The van der Waals surface area contributed by atoms with Gasteiger partial charge in [-0.15, -0.1) is 0 Å². The van der Waals surface area contributed by atoms with Crippen molar-refractivity contribution >= 4 is 15.9 Å². The molecule has 2 aromatic rings. The molecule has 1 aliphatic rings. The fourth-order valence-corrected chi connectivity index (χ4v) is 2.38. The number of hydrogen-bond acceptors (Lipinski definition) is 4. The van der Waals surface area contributed by atoms with E-state index in [1.165, 1.54) is 18.4 Å².